The Hall–Kier alpha value is -15.6. The summed E-state index contributed by atoms with van der Waals surface area (Å²) in [6.07, 6.45) is 10.4. The molecular formula is C94H83F4N25O9. The lowest BCUT2D eigenvalue weighted by molar-refractivity contribution is -0.148. The van der Waals surface area contributed by atoms with Crippen molar-refractivity contribution in [2.45, 2.75) is 127 Å². The number of nitrogens with one attached hydrogen (secondary N) is 4. The molecule has 5 amide bonds. The number of β-amino-alcohol motifs (C(OH)–C–C–N with tert-alkyl or cyclic N) is 2. The molecule has 6 saturated heterocycles. The third kappa shape index (κ3) is 15.8. The van der Waals surface area contributed by atoms with E-state index in [1.807, 2.05) is 60.1 Å². The molecule has 34 nitrogen and oxygen atoms in total. The van der Waals surface area contributed by atoms with Crippen LogP contribution in [0.4, 0.5) is 40.8 Å². The number of pyridine rings is 4. The fourth-order valence-electron chi connectivity index (χ4n) is 18.2. The van der Waals surface area contributed by atoms with E-state index in [0.29, 0.717) is 112 Å². The number of halogens is 4. The van der Waals surface area contributed by atoms with E-state index in [4.69, 9.17) is 19.4 Å². The number of hydrogen-bond donors (Lipinski definition) is 7. The minimum Gasteiger partial charge on any atom is -0.391 e. The van der Waals surface area contributed by atoms with Crippen LogP contribution in [0.15, 0.2) is 146 Å². The first kappa shape index (κ1) is 77.5. The van der Waals surface area contributed by atoms with Crippen LogP contribution < -0.4 is 40.9 Å². The molecule has 2 bridgehead atoms. The summed E-state index contributed by atoms with van der Waals surface area (Å²) < 4.78 is 127. The number of fused-ring (bicyclic) bond motifs is 6. The molecule has 5 atom stereocenters. The SMILES string of the molecule is CC1(C)C(O)CCN1c1ccn(-c2cc(-c3c(F)cccc3C#N)nc3c2C(=O)NC3)n1.N#Cc1cccc(F)c1-c1cc(-n2ccc(N3CCC(O)(C(=O)N4CCCC4)C3)n2)c2c(n1)CNC2=O.N#Cc1cccc(F)c1-c1cc(-n2ccc(N3C[C@H]4CC[C@@H](C3)O4)n2)c2c(n1)CNC2=O.[2H]C1([2H])C[C@](O)(C([2H])([2H])[2H])C([2H])([2H])N1c1ccn(-c2cc(-c3c(F)cccc3C#N)nc3c2C(=O)NC3)n1. The summed E-state index contributed by atoms with van der Waals surface area (Å²) >= 11 is 0. The molecule has 12 aromatic rings. The van der Waals surface area contributed by atoms with Gasteiger partial charge in [0.1, 0.15) is 23.3 Å². The van der Waals surface area contributed by atoms with Crippen molar-refractivity contribution in [1.29, 1.82) is 21.0 Å². The first-order chi connectivity index (χ1) is 66.4. The van der Waals surface area contributed by atoms with Gasteiger partial charge in [-0.15, -0.1) is 0 Å². The number of aromatic nitrogens is 12. The van der Waals surface area contributed by atoms with Crippen LogP contribution in [0, 0.1) is 68.6 Å². The number of aliphatic hydroxyl groups excluding tert-OH is 1. The van der Waals surface area contributed by atoms with Crippen LogP contribution in [-0.4, -0.2) is 203 Å². The van der Waals surface area contributed by atoms with E-state index < -0.39 is 78.3 Å². The first-order valence-corrected chi connectivity index (χ1v) is 42.4. The van der Waals surface area contributed by atoms with Gasteiger partial charge < -0.3 is 65.8 Å². The van der Waals surface area contributed by atoms with Gasteiger partial charge in [0.05, 0.1) is 224 Å². The third-order valence-electron chi connectivity index (χ3n) is 24.9. The maximum atomic E-state index is 14.8. The van der Waals surface area contributed by atoms with Crippen LogP contribution >= 0.6 is 0 Å². The molecular weight excluding hydrogens is 1700 g/mol. The lowest BCUT2D eigenvalue weighted by Crippen LogP contribution is -2.49. The van der Waals surface area contributed by atoms with Crippen LogP contribution in [0.2, 0.25) is 0 Å². The highest BCUT2D eigenvalue weighted by atomic mass is 19.1. The Bertz CT molecular complexity index is 7290. The molecule has 6 fully saturated rings. The largest absolute Gasteiger partial charge is 0.391 e. The summed E-state index contributed by atoms with van der Waals surface area (Å²) in [4.78, 5) is 89.4. The first-order valence-electron chi connectivity index (χ1n) is 45.9. The van der Waals surface area contributed by atoms with Gasteiger partial charge in [0.2, 0.25) is 0 Å². The van der Waals surface area contributed by atoms with Crippen molar-refractivity contribution < 1.29 is 71.2 Å². The van der Waals surface area contributed by atoms with Crippen molar-refractivity contribution in [3.05, 3.63) is 237 Å². The van der Waals surface area contributed by atoms with E-state index in [9.17, 15) is 77.9 Å². The zero-order valence-electron chi connectivity index (χ0n) is 77.5. The average molecular weight is 1790 g/mol. The molecule has 4 aromatic carbocycles. The van der Waals surface area contributed by atoms with Gasteiger partial charge in [-0.3, -0.25) is 24.0 Å². The molecule has 0 aliphatic carbocycles. The summed E-state index contributed by atoms with van der Waals surface area (Å²) in [5.41, 5.74) is 0.830. The third-order valence-corrected chi connectivity index (χ3v) is 24.9. The molecule has 0 spiro atoms. The number of morpholine rings is 1. The maximum absolute atomic E-state index is 14.8. The topological polar surface area (TPSA) is 438 Å². The van der Waals surface area contributed by atoms with E-state index in [2.05, 4.69) is 61.4 Å². The van der Waals surface area contributed by atoms with Crippen LogP contribution in [0.25, 0.3) is 67.8 Å². The summed E-state index contributed by atoms with van der Waals surface area (Å²) in [6.45, 7) is -0.284. The maximum Gasteiger partial charge on any atom is 0.256 e. The number of nitriles is 4. The molecule has 7 N–H and O–H groups in total. The van der Waals surface area contributed by atoms with Crippen LogP contribution in [0.3, 0.4) is 0 Å². The van der Waals surface area contributed by atoms with E-state index in [1.165, 1.54) is 83.7 Å². The number of carbonyl (C=O) groups excluding carboxylic acids is 5. The van der Waals surface area contributed by atoms with Crippen LogP contribution in [-0.2, 0) is 35.7 Å². The predicted octanol–water partition coefficient (Wildman–Crippen LogP) is 9.00. The molecule has 132 heavy (non-hydrogen) atoms. The predicted molar refractivity (Wildman–Crippen MR) is 468 cm³/mol. The van der Waals surface area contributed by atoms with Gasteiger partial charge in [-0.1, -0.05) is 24.3 Å². The van der Waals surface area contributed by atoms with Gasteiger partial charge in [-0.05, 0) is 132 Å². The van der Waals surface area contributed by atoms with E-state index >= 15 is 0 Å². The smallest absolute Gasteiger partial charge is 0.256 e. The van der Waals surface area contributed by atoms with Gasteiger partial charge in [0.25, 0.3) is 29.5 Å². The van der Waals surface area contributed by atoms with Crippen molar-refractivity contribution in [2.75, 3.05) is 78.4 Å². The fraction of sp³-hybridized carbons (Fsp3) is 0.309. The average Bonchev–Trinajstić information content (AvgIpc) is 1.53. The highest BCUT2D eigenvalue weighted by molar-refractivity contribution is 6.04. The molecule has 22 rings (SSSR count). The highest BCUT2D eigenvalue weighted by Crippen LogP contribution is 2.41. The van der Waals surface area contributed by atoms with E-state index in [0.717, 1.165) is 55.3 Å². The summed E-state index contributed by atoms with van der Waals surface area (Å²) in [6, 6.07) is 37.5. The van der Waals surface area contributed by atoms with Crippen LogP contribution in [0.5, 0.6) is 0 Å². The van der Waals surface area contributed by atoms with Gasteiger partial charge >= 0.3 is 0 Å². The number of aliphatic hydroxyl groups is 3. The standard InChI is InChI=1S/C26H24FN7O3.C23H19FN6O2.C23H21FN6O2.C22H19FN6O2/c27-17-5-3-4-16(13-28)22(17)18-12-20(23-19(30-18)14-29-24(23)35)34-10-6-21(31-34)33-11-7-26(37,15-33)25(36)32-8-1-2-9-32;24-16-3-1-2-13(9-25)21(16)17-8-19(22-18(27-17)10-26-23(22)31)30-7-6-20(28-30)29-11-14-4-5-15(12-29)32-14;1-23(2)18(31)6-8-29(23)19-7-9-30(28-19)17-10-15(27-16-12-26-22(32)21(16)17)20-13(11-25)4-3-5-14(20)24;1-22(31)6-8-28(12-22)18-5-7-29(27-18)17-9-15(26-16-11-25-21(30)20(16)17)19-13(10-24)3-2-4-14(19)23/h3-6,10,12,37H,1-2,7-9,11,14-15H2,(H,29,35);1-3,6-8,14-15H,4-5,10-12H2,(H,26,31);3-5,7,9-10,18,31H,6,8,12H2,1-2H3,(H,26,32);2-5,7,9,31H,6,8,11-12H2,1H3,(H,25,30)/t;14-,15+;;22-/m...1/s1/i;;;1D3,8D2,12D2. The lowest BCUT2D eigenvalue weighted by atomic mass is 9.99. The zero-order valence-corrected chi connectivity index (χ0v) is 70.5. The molecule has 8 aromatic heterocycles. The molecule has 38 heteroatoms. The number of benzene rings is 4. The number of rotatable bonds is 13. The number of anilines is 4. The quantitative estimate of drug-likeness (QED) is 0.0529. The molecule has 10 aliphatic heterocycles. The normalized spacial score (nSPS) is 21.9. The molecule has 666 valence electrons. The number of amides is 5. The summed E-state index contributed by atoms with van der Waals surface area (Å²) in [7, 11) is 0. The Balaban J connectivity index is 0.000000119. The van der Waals surface area contributed by atoms with Crippen LogP contribution in [0.1, 0.15) is 162 Å². The van der Waals surface area contributed by atoms with Gasteiger partial charge in [0.15, 0.2) is 28.9 Å². The van der Waals surface area contributed by atoms with Crippen molar-refractivity contribution in [3.63, 3.8) is 0 Å². The van der Waals surface area contributed by atoms with Crippen molar-refractivity contribution in [1.82, 2.24) is 85.2 Å². The molecule has 2 unspecified atom stereocenters. The lowest BCUT2D eigenvalue weighted by Gasteiger charge is -2.33. The Labute approximate surface area is 761 Å². The number of likely N-dealkylation sites (tertiary alicyclic amines) is 1. The minimum atomic E-state index is -3.25. The highest BCUT2D eigenvalue weighted by Gasteiger charge is 2.47. The fourth-order valence-corrected chi connectivity index (χ4v) is 18.2. The number of hydrogen-bond acceptors (Lipinski definition) is 25. The zero-order chi connectivity index (χ0) is 98.0. The second-order valence-corrected chi connectivity index (χ2v) is 33.5. The molecule has 0 saturated carbocycles. The van der Waals surface area contributed by atoms with Crippen molar-refractivity contribution >= 4 is 52.8 Å². The second-order valence-electron chi connectivity index (χ2n) is 33.5. The molecule has 0 radical (unpaired) electrons. The van der Waals surface area contributed by atoms with E-state index in [1.54, 1.807) is 63.2 Å². The van der Waals surface area contributed by atoms with Gasteiger partial charge in [-0.25, -0.2) is 56.2 Å². The van der Waals surface area contributed by atoms with E-state index in [-0.39, 0.29) is 153 Å². The Kier molecular flexibility index (Phi) is 20.0. The monoisotopic (exact) mass is 1790 g/mol. The minimum absolute atomic E-state index is 0.00393. The second kappa shape index (κ2) is 34.1. The Morgan fingerprint density at radius 2 is 0.833 bits per heavy atom. The molecule has 18 heterocycles. The van der Waals surface area contributed by atoms with Crippen molar-refractivity contribution in [3.8, 4) is 92.1 Å². The Morgan fingerprint density at radius 1 is 0.477 bits per heavy atom. The number of carbonyl (C=O) groups is 5. The van der Waals surface area contributed by atoms with Gasteiger partial charge in [-0.2, -0.15) is 41.4 Å². The summed E-state index contributed by atoms with van der Waals surface area (Å²) in [5.74, 6) is -2.34. The van der Waals surface area contributed by atoms with Crippen molar-refractivity contribution in [2.24, 2.45) is 0 Å². The molecule has 10 aliphatic rings. The van der Waals surface area contributed by atoms with Gasteiger partial charge in [0, 0.05) is 115 Å². The number of nitrogens with zero attached hydrogens (tertiary/aromatic N) is 21. The Morgan fingerprint density at radius 3 is 1.18 bits per heavy atom. The number of ether oxygens (including phenoxy) is 1. The summed E-state index contributed by atoms with van der Waals surface area (Å²) in [5, 5.41) is 99.2.